The molecule has 8 nitrogen and oxygen atoms in total. The Morgan fingerprint density at radius 1 is 1.17 bits per heavy atom. The summed E-state index contributed by atoms with van der Waals surface area (Å²) in [4.78, 5) is 26.9. The van der Waals surface area contributed by atoms with Crippen LogP contribution in [-0.2, 0) is 24.8 Å². The summed E-state index contributed by atoms with van der Waals surface area (Å²) in [5.41, 5.74) is 5.68. The monoisotopic (exact) mass is 504 g/mol. The minimum Gasteiger partial charge on any atom is -0.494 e. The first-order chi connectivity index (χ1) is 17.4. The minimum atomic E-state index is -0.901. The summed E-state index contributed by atoms with van der Waals surface area (Å²) in [6, 6.07) is 16.7. The highest BCUT2D eigenvalue weighted by atomic mass is 35.5. The Hall–Kier alpha value is -3.91. The van der Waals surface area contributed by atoms with Gasteiger partial charge in [-0.2, -0.15) is 0 Å². The molecule has 0 aliphatic carbocycles. The zero-order valence-electron chi connectivity index (χ0n) is 19.9. The van der Waals surface area contributed by atoms with Crippen molar-refractivity contribution in [3.8, 4) is 5.75 Å². The maximum atomic E-state index is 13.1. The summed E-state index contributed by atoms with van der Waals surface area (Å²) < 4.78 is 7.24. The van der Waals surface area contributed by atoms with E-state index in [1.807, 2.05) is 30.3 Å². The summed E-state index contributed by atoms with van der Waals surface area (Å²) in [6.45, 7) is 0.944. The Morgan fingerprint density at radius 3 is 2.72 bits per heavy atom. The first-order valence-electron chi connectivity index (χ1n) is 11.6. The summed E-state index contributed by atoms with van der Waals surface area (Å²) in [5, 5.41) is 18.5. The largest absolute Gasteiger partial charge is 0.494 e. The number of rotatable bonds is 6. The van der Waals surface area contributed by atoms with Gasteiger partial charge in [0.25, 0.3) is 5.91 Å². The molecule has 184 valence electrons. The summed E-state index contributed by atoms with van der Waals surface area (Å²) in [6.07, 6.45) is 0.524. The number of ether oxygens (including phenoxy) is 1. The maximum absolute atomic E-state index is 13.1. The molecule has 0 saturated carbocycles. The van der Waals surface area contributed by atoms with Crippen LogP contribution in [0, 0.1) is 0 Å². The predicted molar refractivity (Wildman–Crippen MR) is 135 cm³/mol. The lowest BCUT2D eigenvalue weighted by atomic mass is 9.82. The van der Waals surface area contributed by atoms with Gasteiger partial charge in [0.1, 0.15) is 16.8 Å². The van der Waals surface area contributed by atoms with Crippen molar-refractivity contribution in [1.29, 1.82) is 0 Å². The molecule has 0 unspecified atom stereocenters. The zero-order chi connectivity index (χ0) is 25.4. The Kier molecular flexibility index (Phi) is 6.36. The molecular weight excluding hydrogens is 480 g/mol. The van der Waals surface area contributed by atoms with Gasteiger partial charge in [0, 0.05) is 26.1 Å². The van der Waals surface area contributed by atoms with E-state index >= 15 is 0 Å². The van der Waals surface area contributed by atoms with Crippen LogP contribution in [0.25, 0.3) is 11.0 Å². The molecule has 3 aromatic carbocycles. The highest BCUT2D eigenvalue weighted by Crippen LogP contribution is 2.38. The summed E-state index contributed by atoms with van der Waals surface area (Å²) in [5.74, 6) is -0.839. The van der Waals surface area contributed by atoms with Crippen LogP contribution in [0.15, 0.2) is 54.6 Å². The Balaban J connectivity index is 1.54. The molecule has 1 aromatic heterocycles. The third kappa shape index (κ3) is 4.28. The van der Waals surface area contributed by atoms with E-state index in [1.54, 1.807) is 48.0 Å². The fourth-order valence-electron chi connectivity index (χ4n) is 5.06. The molecule has 1 aliphatic heterocycles. The Bertz CT molecular complexity index is 1480. The van der Waals surface area contributed by atoms with Gasteiger partial charge in [-0.3, -0.25) is 9.59 Å². The summed E-state index contributed by atoms with van der Waals surface area (Å²) in [7, 11) is 3.36. The van der Waals surface area contributed by atoms with Gasteiger partial charge in [-0.25, -0.2) is 4.68 Å². The van der Waals surface area contributed by atoms with Crippen LogP contribution in [0.3, 0.4) is 0 Å². The van der Waals surface area contributed by atoms with Gasteiger partial charge >= 0.3 is 5.97 Å². The highest BCUT2D eigenvalue weighted by molar-refractivity contribution is 6.33. The molecule has 1 aliphatic rings. The number of carboxylic acid groups (broad SMARTS) is 1. The molecule has 1 amide bonds. The first kappa shape index (κ1) is 23.8. The van der Waals surface area contributed by atoms with Gasteiger partial charge < -0.3 is 14.7 Å². The van der Waals surface area contributed by atoms with E-state index in [9.17, 15) is 14.7 Å². The van der Waals surface area contributed by atoms with E-state index in [0.29, 0.717) is 41.4 Å². The second-order valence-corrected chi connectivity index (χ2v) is 9.30. The first-order valence-corrected chi connectivity index (χ1v) is 12.0. The molecule has 36 heavy (non-hydrogen) atoms. The number of aliphatic carboxylic acids is 1. The van der Waals surface area contributed by atoms with Crippen molar-refractivity contribution in [2.24, 2.45) is 7.05 Å². The molecule has 0 bridgehead atoms. The van der Waals surface area contributed by atoms with Crippen LogP contribution in [0.2, 0.25) is 5.02 Å². The SMILES string of the molecule is COc1cc([C@@H](CC(=O)O)c2cccc3c2CCN(C(=O)c2ccccc2Cl)C3)cc2nnn(C)c12. The van der Waals surface area contributed by atoms with E-state index in [-0.39, 0.29) is 12.3 Å². The average Bonchev–Trinajstić information content (AvgIpc) is 3.26. The van der Waals surface area contributed by atoms with E-state index in [4.69, 9.17) is 16.3 Å². The second kappa shape index (κ2) is 9.62. The van der Waals surface area contributed by atoms with Gasteiger partial charge in [0.05, 0.1) is 24.1 Å². The van der Waals surface area contributed by atoms with Crippen molar-refractivity contribution in [2.75, 3.05) is 13.7 Å². The molecule has 1 N–H and O–H groups in total. The van der Waals surface area contributed by atoms with Crippen molar-refractivity contribution in [1.82, 2.24) is 19.9 Å². The van der Waals surface area contributed by atoms with Gasteiger partial charge in [-0.1, -0.05) is 47.1 Å². The predicted octanol–water partition coefficient (Wildman–Crippen LogP) is 4.44. The normalized spacial score (nSPS) is 13.9. The van der Waals surface area contributed by atoms with Crippen LogP contribution >= 0.6 is 11.6 Å². The van der Waals surface area contributed by atoms with E-state index in [0.717, 1.165) is 27.8 Å². The molecule has 0 radical (unpaired) electrons. The van der Waals surface area contributed by atoms with Crippen LogP contribution in [-0.4, -0.2) is 50.5 Å². The molecule has 1 atom stereocenters. The number of aryl methyl sites for hydroxylation is 1. The number of hydrogen-bond donors (Lipinski definition) is 1. The molecule has 0 spiro atoms. The number of fused-ring (bicyclic) bond motifs is 2. The molecule has 2 heterocycles. The molecule has 0 saturated heterocycles. The molecule has 9 heteroatoms. The number of carbonyl (C=O) groups excluding carboxylic acids is 1. The van der Waals surface area contributed by atoms with Crippen molar-refractivity contribution in [3.05, 3.63) is 87.4 Å². The summed E-state index contributed by atoms with van der Waals surface area (Å²) >= 11 is 6.26. The number of hydrogen-bond acceptors (Lipinski definition) is 5. The number of benzene rings is 3. The molecule has 0 fully saturated rings. The third-order valence-corrected chi connectivity index (χ3v) is 7.09. The highest BCUT2D eigenvalue weighted by Gasteiger charge is 2.29. The van der Waals surface area contributed by atoms with Crippen molar-refractivity contribution >= 4 is 34.5 Å². The molecular formula is C27H25ClN4O4. The fraction of sp³-hybridized carbons (Fsp3) is 0.259. The minimum absolute atomic E-state index is 0.0896. The van der Waals surface area contributed by atoms with Crippen LogP contribution in [0.1, 0.15) is 45.0 Å². The maximum Gasteiger partial charge on any atom is 0.304 e. The molecule has 5 rings (SSSR count). The van der Waals surface area contributed by atoms with Gasteiger partial charge in [-0.15, -0.1) is 5.10 Å². The van der Waals surface area contributed by atoms with E-state index in [1.165, 1.54) is 0 Å². The number of methoxy groups -OCH3 is 1. The fourth-order valence-corrected chi connectivity index (χ4v) is 5.27. The second-order valence-electron chi connectivity index (χ2n) is 8.90. The number of nitrogens with zero attached hydrogens (tertiary/aromatic N) is 4. The van der Waals surface area contributed by atoms with Crippen LogP contribution in [0.4, 0.5) is 0 Å². The topological polar surface area (TPSA) is 97.6 Å². The number of aromatic nitrogens is 3. The van der Waals surface area contributed by atoms with Crippen LogP contribution < -0.4 is 4.74 Å². The number of carbonyl (C=O) groups is 2. The lowest BCUT2D eigenvalue weighted by Gasteiger charge is -2.32. The van der Waals surface area contributed by atoms with Crippen molar-refractivity contribution in [3.63, 3.8) is 0 Å². The third-order valence-electron chi connectivity index (χ3n) is 6.76. The van der Waals surface area contributed by atoms with Crippen molar-refractivity contribution < 1.29 is 19.4 Å². The van der Waals surface area contributed by atoms with Crippen molar-refractivity contribution in [2.45, 2.75) is 25.3 Å². The van der Waals surface area contributed by atoms with E-state index < -0.39 is 11.9 Å². The lowest BCUT2D eigenvalue weighted by molar-refractivity contribution is -0.137. The Labute approximate surface area is 213 Å². The number of amides is 1. The zero-order valence-corrected chi connectivity index (χ0v) is 20.7. The molecule has 4 aromatic rings. The number of carboxylic acids is 1. The standard InChI is InChI=1S/C27H25ClN4O4/c1-31-26-23(29-30-31)12-17(13-24(26)36-2)21(14-25(33)34)19-8-5-6-16-15-32(11-10-18(16)19)27(35)20-7-3-4-9-22(20)28/h3-9,12-13,21H,10-11,14-15H2,1-2H3,(H,33,34)/t21-/m1/s1. The quantitative estimate of drug-likeness (QED) is 0.417. The van der Waals surface area contributed by atoms with Gasteiger partial charge in [0.15, 0.2) is 0 Å². The van der Waals surface area contributed by atoms with Gasteiger partial charge in [0.2, 0.25) is 0 Å². The van der Waals surface area contributed by atoms with E-state index in [2.05, 4.69) is 10.3 Å². The van der Waals surface area contributed by atoms with Crippen LogP contribution in [0.5, 0.6) is 5.75 Å². The average molecular weight is 505 g/mol. The van der Waals surface area contributed by atoms with Gasteiger partial charge in [-0.05, 0) is 52.9 Å². The number of halogens is 1. The smallest absolute Gasteiger partial charge is 0.304 e. The lowest BCUT2D eigenvalue weighted by Crippen LogP contribution is -2.36. The Morgan fingerprint density at radius 2 is 1.97 bits per heavy atom.